The molecule has 0 saturated carbocycles. The number of nitrogens with zero attached hydrogens (tertiary/aromatic N) is 4. The van der Waals surface area contributed by atoms with Crippen molar-refractivity contribution >= 4 is 22.9 Å². The number of pyridine rings is 2. The fourth-order valence-electron chi connectivity index (χ4n) is 3.15. The molecule has 0 aliphatic carbocycles. The molecule has 3 aromatic heterocycles. The van der Waals surface area contributed by atoms with E-state index in [0.29, 0.717) is 18.2 Å². The van der Waals surface area contributed by atoms with E-state index in [-0.39, 0.29) is 5.91 Å². The lowest BCUT2D eigenvalue weighted by Crippen LogP contribution is -2.18. The van der Waals surface area contributed by atoms with Gasteiger partial charge in [-0.2, -0.15) is 0 Å². The van der Waals surface area contributed by atoms with Crippen molar-refractivity contribution in [1.29, 1.82) is 0 Å². The molecule has 4 rings (SSSR count). The normalized spacial score (nSPS) is 10.9. The molecule has 0 spiro atoms. The van der Waals surface area contributed by atoms with Gasteiger partial charge in [0.2, 0.25) is 5.95 Å². The summed E-state index contributed by atoms with van der Waals surface area (Å²) in [5.41, 5.74) is 4.28. The second kappa shape index (κ2) is 8.00. The molecule has 6 heteroatoms. The zero-order valence-electron chi connectivity index (χ0n) is 15.7. The molecule has 3 heterocycles. The van der Waals surface area contributed by atoms with E-state index >= 15 is 0 Å². The van der Waals surface area contributed by atoms with E-state index in [2.05, 4.69) is 20.3 Å². The third-order valence-electron chi connectivity index (χ3n) is 4.66. The predicted octanol–water partition coefficient (Wildman–Crippen LogP) is 3.88. The topological polar surface area (TPSA) is 72.7 Å². The Morgan fingerprint density at radius 2 is 1.89 bits per heavy atom. The van der Waals surface area contributed by atoms with Crippen molar-refractivity contribution in [2.45, 2.75) is 26.3 Å². The number of nitrogens with one attached hydrogen (secondary N) is 1. The van der Waals surface area contributed by atoms with Gasteiger partial charge in [0, 0.05) is 31.1 Å². The van der Waals surface area contributed by atoms with E-state index in [1.165, 1.54) is 0 Å². The number of rotatable bonds is 6. The fraction of sp³-hybridized carbons (Fsp3) is 0.182. The Labute approximate surface area is 163 Å². The Morgan fingerprint density at radius 3 is 2.71 bits per heavy atom. The van der Waals surface area contributed by atoms with Crippen LogP contribution in [0.25, 0.3) is 11.0 Å². The molecule has 140 valence electrons. The Morgan fingerprint density at radius 1 is 1.04 bits per heavy atom. The summed E-state index contributed by atoms with van der Waals surface area (Å²) in [6.45, 7) is 2.71. The lowest BCUT2D eigenvalue weighted by Gasteiger charge is -2.10. The van der Waals surface area contributed by atoms with E-state index in [4.69, 9.17) is 0 Å². The number of fused-ring (bicyclic) bond motifs is 1. The highest BCUT2D eigenvalue weighted by Crippen LogP contribution is 2.21. The summed E-state index contributed by atoms with van der Waals surface area (Å²) in [6.07, 6.45) is 5.05. The molecule has 6 nitrogen and oxygen atoms in total. The number of amides is 1. The zero-order chi connectivity index (χ0) is 19.3. The summed E-state index contributed by atoms with van der Waals surface area (Å²) in [4.78, 5) is 25.9. The Hall–Kier alpha value is -3.54. The van der Waals surface area contributed by atoms with Crippen LogP contribution >= 0.6 is 0 Å². The summed E-state index contributed by atoms with van der Waals surface area (Å²) in [5, 5.41) is 2.93. The highest BCUT2D eigenvalue weighted by molar-refractivity contribution is 6.02. The van der Waals surface area contributed by atoms with Crippen LogP contribution in [0.2, 0.25) is 0 Å². The summed E-state index contributed by atoms with van der Waals surface area (Å²) >= 11 is 0. The monoisotopic (exact) mass is 371 g/mol. The Bertz CT molecular complexity index is 1100. The minimum Gasteiger partial charge on any atom is -0.310 e. The van der Waals surface area contributed by atoms with Crippen LogP contribution in [0.4, 0.5) is 5.95 Å². The Kier molecular flexibility index (Phi) is 5.10. The maximum Gasteiger partial charge on any atom is 0.276 e. The van der Waals surface area contributed by atoms with Crippen LogP contribution in [0.1, 0.15) is 28.7 Å². The molecule has 0 bridgehead atoms. The Balaban J connectivity index is 1.63. The largest absolute Gasteiger partial charge is 0.310 e. The molecule has 0 saturated heterocycles. The molecule has 1 N–H and O–H groups in total. The lowest BCUT2D eigenvalue weighted by atomic mass is 10.2. The maximum atomic E-state index is 12.7. The number of hydrogen-bond acceptors (Lipinski definition) is 4. The van der Waals surface area contributed by atoms with Crippen molar-refractivity contribution in [3.8, 4) is 0 Å². The van der Waals surface area contributed by atoms with E-state index in [1.807, 2.05) is 66.1 Å². The summed E-state index contributed by atoms with van der Waals surface area (Å²) in [7, 11) is 0. The number of carbonyl (C=O) groups is 1. The fourth-order valence-corrected chi connectivity index (χ4v) is 3.15. The average molecular weight is 371 g/mol. The number of benzene rings is 1. The van der Waals surface area contributed by atoms with E-state index < -0.39 is 0 Å². The molecular weight excluding hydrogens is 350 g/mol. The van der Waals surface area contributed by atoms with Gasteiger partial charge in [-0.3, -0.25) is 20.1 Å². The molecule has 1 amide bonds. The first kappa shape index (κ1) is 17.9. The van der Waals surface area contributed by atoms with Crippen LogP contribution in [0.15, 0.2) is 67.0 Å². The first-order valence-corrected chi connectivity index (χ1v) is 9.36. The van der Waals surface area contributed by atoms with Crippen LogP contribution in [-0.4, -0.2) is 25.4 Å². The summed E-state index contributed by atoms with van der Waals surface area (Å²) in [6, 6.07) is 17.5. The van der Waals surface area contributed by atoms with E-state index in [1.54, 1.807) is 12.4 Å². The van der Waals surface area contributed by atoms with Gasteiger partial charge in [-0.15, -0.1) is 0 Å². The molecule has 1 aromatic carbocycles. The van der Waals surface area contributed by atoms with Gasteiger partial charge in [0.15, 0.2) is 0 Å². The molecule has 4 aromatic rings. The van der Waals surface area contributed by atoms with Crippen LogP contribution in [-0.2, 0) is 19.4 Å². The number of aromatic nitrogens is 4. The maximum absolute atomic E-state index is 12.7. The molecule has 0 radical (unpaired) electrons. The van der Waals surface area contributed by atoms with Crippen LogP contribution < -0.4 is 5.32 Å². The van der Waals surface area contributed by atoms with Crippen LogP contribution in [0, 0.1) is 0 Å². The lowest BCUT2D eigenvalue weighted by molar-refractivity contribution is 0.102. The van der Waals surface area contributed by atoms with Crippen molar-refractivity contribution in [3.05, 3.63) is 83.9 Å². The average Bonchev–Trinajstić information content (AvgIpc) is 3.10. The molecule has 0 aliphatic heterocycles. The molecule has 0 atom stereocenters. The van der Waals surface area contributed by atoms with Gasteiger partial charge in [-0.1, -0.05) is 25.1 Å². The molecule has 0 aliphatic rings. The van der Waals surface area contributed by atoms with Gasteiger partial charge in [-0.25, -0.2) is 4.98 Å². The number of anilines is 1. The number of hydrogen-bond donors (Lipinski definition) is 1. The molecule has 28 heavy (non-hydrogen) atoms. The van der Waals surface area contributed by atoms with Crippen molar-refractivity contribution in [3.63, 3.8) is 0 Å². The van der Waals surface area contributed by atoms with Crippen molar-refractivity contribution < 1.29 is 4.79 Å². The van der Waals surface area contributed by atoms with Gasteiger partial charge in [0.1, 0.15) is 5.69 Å². The minimum absolute atomic E-state index is 0.260. The third kappa shape index (κ3) is 3.76. The van der Waals surface area contributed by atoms with Crippen LogP contribution in [0.5, 0.6) is 0 Å². The van der Waals surface area contributed by atoms with Crippen molar-refractivity contribution in [2.24, 2.45) is 0 Å². The van der Waals surface area contributed by atoms with Gasteiger partial charge in [0.05, 0.1) is 11.0 Å². The predicted molar refractivity (Wildman–Crippen MR) is 109 cm³/mol. The van der Waals surface area contributed by atoms with E-state index in [9.17, 15) is 4.79 Å². The third-order valence-corrected chi connectivity index (χ3v) is 4.66. The zero-order valence-corrected chi connectivity index (χ0v) is 15.7. The van der Waals surface area contributed by atoms with Gasteiger partial charge in [-0.05, 0) is 48.4 Å². The SMILES string of the molecule is CCc1ccnc(C(=O)Nc2nc3ccccc3n2CCc2ccccn2)c1. The van der Waals surface area contributed by atoms with Crippen molar-refractivity contribution in [1.82, 2.24) is 19.5 Å². The number of imidazole rings is 1. The van der Waals surface area contributed by atoms with E-state index in [0.717, 1.165) is 35.1 Å². The highest BCUT2D eigenvalue weighted by Gasteiger charge is 2.15. The molecule has 0 unspecified atom stereocenters. The number of carbonyl (C=O) groups excluding carboxylic acids is 1. The summed E-state index contributed by atoms with van der Waals surface area (Å²) in [5.74, 6) is 0.260. The first-order valence-electron chi connectivity index (χ1n) is 9.36. The minimum atomic E-state index is -0.260. The summed E-state index contributed by atoms with van der Waals surface area (Å²) < 4.78 is 2.02. The first-order chi connectivity index (χ1) is 13.7. The molecule has 0 fully saturated rings. The smallest absolute Gasteiger partial charge is 0.276 e. The highest BCUT2D eigenvalue weighted by atomic mass is 16.2. The van der Waals surface area contributed by atoms with Crippen LogP contribution in [0.3, 0.4) is 0 Å². The molecular formula is C22H21N5O. The second-order valence-corrected chi connectivity index (χ2v) is 6.50. The van der Waals surface area contributed by atoms with Crippen molar-refractivity contribution in [2.75, 3.05) is 5.32 Å². The quantitative estimate of drug-likeness (QED) is 0.558. The van der Waals surface area contributed by atoms with Gasteiger partial charge in [0.25, 0.3) is 5.91 Å². The van der Waals surface area contributed by atoms with Gasteiger partial charge >= 0.3 is 0 Å². The second-order valence-electron chi connectivity index (χ2n) is 6.50. The number of aryl methyl sites for hydroxylation is 3. The van der Waals surface area contributed by atoms with Gasteiger partial charge < -0.3 is 4.57 Å². The number of para-hydroxylation sites is 2. The standard InChI is InChI=1S/C22H21N5O/c1-2-16-10-13-24-19(15-16)21(28)26-22-25-18-8-3-4-9-20(18)27(22)14-11-17-7-5-6-12-23-17/h3-10,12-13,15H,2,11,14H2,1H3,(H,25,26,28).